The zero-order valence-electron chi connectivity index (χ0n) is 19.4. The van der Waals surface area contributed by atoms with Gasteiger partial charge < -0.3 is 4.90 Å². The van der Waals surface area contributed by atoms with Gasteiger partial charge in [0.25, 0.3) is 5.91 Å². The summed E-state index contributed by atoms with van der Waals surface area (Å²) in [6, 6.07) is 11.1. The largest absolute Gasteiger partial charge is 0.308 e. The molecule has 0 saturated carbocycles. The van der Waals surface area contributed by atoms with E-state index >= 15 is 0 Å². The van der Waals surface area contributed by atoms with Crippen LogP contribution in [0, 0.1) is 0 Å². The van der Waals surface area contributed by atoms with Crippen LogP contribution in [0.5, 0.6) is 0 Å². The second kappa shape index (κ2) is 10.4. The molecule has 1 aliphatic heterocycles. The average molecular weight is 537 g/mol. The lowest BCUT2D eigenvalue weighted by atomic mass is 10.1. The van der Waals surface area contributed by atoms with Gasteiger partial charge in [-0.25, -0.2) is 13.4 Å². The fourth-order valence-electron chi connectivity index (χ4n) is 3.60. The molecule has 0 atom stereocenters. The van der Waals surface area contributed by atoms with Gasteiger partial charge in [-0.15, -0.1) is 12.4 Å². The van der Waals surface area contributed by atoms with Crippen molar-refractivity contribution in [3.05, 3.63) is 48.0 Å². The Balaban J connectivity index is 0.00000342. The zero-order valence-corrected chi connectivity index (χ0v) is 21.9. The number of fused-ring (bicyclic) bond motifs is 1. The predicted molar refractivity (Wildman–Crippen MR) is 138 cm³/mol. The Kier molecular flexibility index (Phi) is 7.95. The highest BCUT2D eigenvalue weighted by molar-refractivity contribution is 7.90. The molecule has 0 spiro atoms. The molecule has 0 N–H and O–H groups in total. The monoisotopic (exact) mass is 536 g/mol. The molecule has 186 valence electrons. The van der Waals surface area contributed by atoms with Crippen LogP contribution in [0.25, 0.3) is 10.2 Å². The third kappa shape index (κ3) is 5.69. The third-order valence-electron chi connectivity index (χ3n) is 5.45. The van der Waals surface area contributed by atoms with Crippen molar-refractivity contribution in [2.24, 2.45) is 0 Å². The molecule has 2 aromatic carbocycles. The van der Waals surface area contributed by atoms with E-state index in [4.69, 9.17) is 0 Å². The van der Waals surface area contributed by atoms with Gasteiger partial charge in [-0.2, -0.15) is 0 Å². The molecular weight excluding hydrogens is 512 g/mol. The van der Waals surface area contributed by atoms with Crippen molar-refractivity contribution in [1.82, 2.24) is 9.88 Å². The Hall–Kier alpha value is -2.86. The van der Waals surface area contributed by atoms with Crippen LogP contribution in [0.15, 0.2) is 47.4 Å². The van der Waals surface area contributed by atoms with E-state index < -0.39 is 9.84 Å². The first-order chi connectivity index (χ1) is 16.0. The summed E-state index contributed by atoms with van der Waals surface area (Å²) in [6.45, 7) is 0.959. The number of nitrogens with zero attached hydrogens (tertiary/aromatic N) is 4. The number of benzene rings is 2. The number of hydrogen-bond acceptors (Lipinski definition) is 8. The first-order valence-corrected chi connectivity index (χ1v) is 13.3. The number of anilines is 2. The number of rotatable bonds is 7. The summed E-state index contributed by atoms with van der Waals surface area (Å²) in [5, 5.41) is 0.460. The van der Waals surface area contributed by atoms with Crippen LogP contribution in [0.4, 0.5) is 10.8 Å². The summed E-state index contributed by atoms with van der Waals surface area (Å²) in [6.07, 6.45) is 1.53. The number of thiazole rings is 1. The number of amides is 3. The summed E-state index contributed by atoms with van der Waals surface area (Å²) in [4.78, 5) is 46.9. The van der Waals surface area contributed by atoms with Crippen LogP contribution in [-0.4, -0.2) is 69.5 Å². The quantitative estimate of drug-likeness (QED) is 0.427. The van der Waals surface area contributed by atoms with E-state index in [1.165, 1.54) is 17.4 Å². The molecule has 1 aliphatic rings. The van der Waals surface area contributed by atoms with E-state index in [2.05, 4.69) is 4.98 Å². The van der Waals surface area contributed by atoms with Crippen LogP contribution in [0.3, 0.4) is 0 Å². The minimum absolute atomic E-state index is 0. The van der Waals surface area contributed by atoms with E-state index in [9.17, 15) is 22.8 Å². The highest BCUT2D eigenvalue weighted by atomic mass is 35.5. The summed E-state index contributed by atoms with van der Waals surface area (Å²) < 4.78 is 24.5. The van der Waals surface area contributed by atoms with Crippen LogP contribution < -0.4 is 9.80 Å². The van der Waals surface area contributed by atoms with Crippen molar-refractivity contribution >= 4 is 72.3 Å². The number of sulfone groups is 1. The first kappa shape index (κ1) is 26.7. The zero-order chi connectivity index (χ0) is 24.6. The average Bonchev–Trinajstić information content (AvgIpc) is 3.35. The molecule has 0 aliphatic carbocycles. The van der Waals surface area contributed by atoms with Crippen molar-refractivity contribution in [3.63, 3.8) is 0 Å². The highest BCUT2D eigenvalue weighted by Crippen LogP contribution is 2.32. The maximum Gasteiger partial charge on any atom is 0.260 e. The summed E-state index contributed by atoms with van der Waals surface area (Å²) in [5.41, 5.74) is 1.44. The first-order valence-electron chi connectivity index (χ1n) is 10.6. The van der Waals surface area contributed by atoms with Crippen molar-refractivity contribution in [3.8, 4) is 0 Å². The van der Waals surface area contributed by atoms with Gasteiger partial charge in [0.1, 0.15) is 0 Å². The molecule has 3 amide bonds. The topological polar surface area (TPSA) is 108 Å². The van der Waals surface area contributed by atoms with E-state index in [-0.39, 0.29) is 47.9 Å². The van der Waals surface area contributed by atoms with Gasteiger partial charge >= 0.3 is 0 Å². The molecule has 3 aromatic rings. The van der Waals surface area contributed by atoms with Crippen LogP contribution in [0.1, 0.15) is 23.2 Å². The Labute approximate surface area is 213 Å². The lowest BCUT2D eigenvalue weighted by Crippen LogP contribution is -2.36. The van der Waals surface area contributed by atoms with Gasteiger partial charge in [0, 0.05) is 37.8 Å². The molecule has 2 heterocycles. The predicted octanol–water partition coefficient (Wildman–Crippen LogP) is 2.98. The number of carbonyl (C=O) groups excluding carboxylic acids is 3. The number of halogens is 1. The van der Waals surface area contributed by atoms with Crippen molar-refractivity contribution in [2.45, 2.75) is 17.7 Å². The molecule has 0 unspecified atom stereocenters. The molecular formula is C23H25ClN4O5S2. The lowest BCUT2D eigenvalue weighted by molar-refractivity contribution is -0.121. The second-order valence-corrected chi connectivity index (χ2v) is 11.4. The molecule has 12 heteroatoms. The van der Waals surface area contributed by atoms with Crippen molar-refractivity contribution < 1.29 is 22.8 Å². The van der Waals surface area contributed by atoms with Gasteiger partial charge in [0.05, 0.1) is 20.8 Å². The fraction of sp³-hybridized carbons (Fsp3) is 0.304. The van der Waals surface area contributed by atoms with Gasteiger partial charge in [-0.05, 0) is 56.6 Å². The number of carbonyl (C=O) groups is 3. The fourth-order valence-corrected chi connectivity index (χ4v) is 5.35. The van der Waals surface area contributed by atoms with Crippen LogP contribution in [-0.2, 0) is 19.4 Å². The summed E-state index contributed by atoms with van der Waals surface area (Å²) in [7, 11) is 0.437. The Morgan fingerprint density at radius 2 is 1.66 bits per heavy atom. The van der Waals surface area contributed by atoms with Crippen LogP contribution >= 0.6 is 23.7 Å². The molecule has 0 radical (unpaired) electrons. The molecule has 0 bridgehead atoms. The van der Waals surface area contributed by atoms with Crippen LogP contribution in [0.2, 0.25) is 0 Å². The Bertz CT molecular complexity index is 1370. The second-order valence-electron chi connectivity index (χ2n) is 8.33. The molecule has 1 saturated heterocycles. The highest BCUT2D eigenvalue weighted by Gasteiger charge is 2.30. The molecule has 35 heavy (non-hydrogen) atoms. The number of aromatic nitrogens is 1. The van der Waals surface area contributed by atoms with E-state index in [1.807, 2.05) is 19.0 Å². The molecule has 4 rings (SSSR count). The van der Waals surface area contributed by atoms with E-state index in [0.717, 1.165) is 11.2 Å². The van der Waals surface area contributed by atoms with Gasteiger partial charge in [0.2, 0.25) is 11.8 Å². The molecule has 1 aromatic heterocycles. The molecule has 1 fully saturated rings. The third-order valence-corrected chi connectivity index (χ3v) is 7.60. The number of hydrogen-bond donors (Lipinski definition) is 0. The summed E-state index contributed by atoms with van der Waals surface area (Å²) >= 11 is 1.25. The minimum Gasteiger partial charge on any atom is -0.308 e. The maximum absolute atomic E-state index is 13.5. The van der Waals surface area contributed by atoms with Gasteiger partial charge in [-0.3, -0.25) is 24.2 Å². The lowest BCUT2D eigenvalue weighted by Gasteiger charge is -2.22. The SMILES string of the molecule is CN(C)CCN(C(=O)c1ccc(N2C(=O)CCC2=O)cc1)c1nc2ccc(S(C)(=O)=O)cc2s1.Cl. The number of likely N-dealkylation sites (N-methyl/N-ethyl adjacent to an activating group) is 1. The smallest absolute Gasteiger partial charge is 0.260 e. The van der Waals surface area contributed by atoms with Gasteiger partial charge in [-0.1, -0.05) is 11.3 Å². The summed E-state index contributed by atoms with van der Waals surface area (Å²) in [5.74, 6) is -0.783. The minimum atomic E-state index is -3.37. The van der Waals surface area contributed by atoms with E-state index in [1.54, 1.807) is 41.3 Å². The van der Waals surface area contributed by atoms with Gasteiger partial charge in [0.15, 0.2) is 15.0 Å². The normalized spacial score (nSPS) is 14.0. The van der Waals surface area contributed by atoms with E-state index in [0.29, 0.717) is 39.7 Å². The Morgan fingerprint density at radius 1 is 1.03 bits per heavy atom. The maximum atomic E-state index is 13.5. The van der Waals surface area contributed by atoms with Crippen molar-refractivity contribution in [1.29, 1.82) is 0 Å². The Morgan fingerprint density at radius 3 is 2.23 bits per heavy atom. The molecule has 9 nitrogen and oxygen atoms in total. The van der Waals surface area contributed by atoms with Crippen molar-refractivity contribution in [2.75, 3.05) is 43.2 Å². The standard InChI is InChI=1S/C23H24N4O5S2.ClH/c1-25(2)12-13-26(23-24-18-9-8-17(34(3,31)32)14-19(18)33-23)22(30)15-4-6-16(7-5-15)27-20(28)10-11-21(27)29;/h4-9,14H,10-13H2,1-3H3;1H. The number of imide groups is 1.